The molecule has 5 heteroatoms. The summed E-state index contributed by atoms with van der Waals surface area (Å²) in [5.41, 5.74) is 3.49. The quantitative estimate of drug-likeness (QED) is 0.597. The Hall–Kier alpha value is -2.79. The van der Waals surface area contributed by atoms with Crippen molar-refractivity contribution in [3.63, 3.8) is 0 Å². The van der Waals surface area contributed by atoms with Crippen molar-refractivity contribution in [3.05, 3.63) is 72.6 Å². The third kappa shape index (κ3) is 2.63. The lowest BCUT2D eigenvalue weighted by Crippen LogP contribution is -1.90. The van der Waals surface area contributed by atoms with Crippen molar-refractivity contribution in [2.24, 2.45) is 0 Å². The van der Waals surface area contributed by atoms with Gasteiger partial charge in [0, 0.05) is 27.6 Å². The molecule has 2 heterocycles. The Labute approximate surface area is 143 Å². The summed E-state index contributed by atoms with van der Waals surface area (Å²) in [6, 6.07) is 20.2. The molecule has 0 saturated carbocycles. The summed E-state index contributed by atoms with van der Waals surface area (Å²) in [7, 11) is 0. The van der Waals surface area contributed by atoms with E-state index in [0.717, 1.165) is 16.8 Å². The number of fused-ring (bicyclic) bond motifs is 1. The van der Waals surface area contributed by atoms with Gasteiger partial charge >= 0.3 is 0 Å². The average molecular weight is 333 g/mol. The van der Waals surface area contributed by atoms with Crippen LogP contribution in [0.5, 0.6) is 5.88 Å². The van der Waals surface area contributed by atoms with E-state index in [0.29, 0.717) is 5.65 Å². The topological polar surface area (TPSA) is 50.4 Å². The van der Waals surface area contributed by atoms with Crippen LogP contribution in [0.4, 0.5) is 0 Å². The van der Waals surface area contributed by atoms with Crippen molar-refractivity contribution < 1.29 is 5.11 Å². The lowest BCUT2D eigenvalue weighted by atomic mass is 10.1. The first-order chi connectivity index (χ1) is 11.7. The molecule has 24 heavy (non-hydrogen) atoms. The minimum Gasteiger partial charge on any atom is -0.493 e. The van der Waals surface area contributed by atoms with E-state index in [-0.39, 0.29) is 5.88 Å². The van der Waals surface area contributed by atoms with E-state index in [1.807, 2.05) is 25.1 Å². The maximum Gasteiger partial charge on any atom is 0.215 e. The zero-order valence-corrected chi connectivity index (χ0v) is 13.9. The van der Waals surface area contributed by atoms with Gasteiger partial charge in [-0.3, -0.25) is 0 Å². The first-order valence-corrected chi connectivity index (χ1v) is 8.41. The molecule has 0 radical (unpaired) electrons. The highest BCUT2D eigenvalue weighted by Gasteiger charge is 2.14. The normalized spacial score (nSPS) is 11.0. The van der Waals surface area contributed by atoms with Crippen LogP contribution in [-0.4, -0.2) is 19.7 Å². The molecule has 118 valence electrons. The van der Waals surface area contributed by atoms with E-state index in [4.69, 9.17) is 0 Å². The Morgan fingerprint density at radius 1 is 0.917 bits per heavy atom. The lowest BCUT2D eigenvalue weighted by molar-refractivity contribution is 0.435. The van der Waals surface area contributed by atoms with Gasteiger partial charge < -0.3 is 5.11 Å². The second-order valence-electron chi connectivity index (χ2n) is 5.44. The zero-order chi connectivity index (χ0) is 16.5. The van der Waals surface area contributed by atoms with Gasteiger partial charge in [-0.25, -0.2) is 4.98 Å². The van der Waals surface area contributed by atoms with Crippen LogP contribution >= 0.6 is 11.8 Å². The smallest absolute Gasteiger partial charge is 0.215 e. The fourth-order valence-corrected chi connectivity index (χ4v) is 3.53. The number of benzene rings is 2. The largest absolute Gasteiger partial charge is 0.493 e. The molecule has 0 atom stereocenters. The lowest BCUT2D eigenvalue weighted by Gasteiger charge is -2.04. The summed E-state index contributed by atoms with van der Waals surface area (Å²) in [5, 5.41) is 14.3. The molecule has 2 aromatic heterocycles. The Morgan fingerprint density at radius 2 is 1.62 bits per heavy atom. The van der Waals surface area contributed by atoms with Gasteiger partial charge in [-0.15, -0.1) is 0 Å². The molecule has 0 aliphatic heterocycles. The fraction of sp³-hybridized carbons (Fsp3) is 0.0526. The van der Waals surface area contributed by atoms with Crippen LogP contribution in [-0.2, 0) is 0 Å². The number of hydrogen-bond acceptors (Lipinski definition) is 4. The van der Waals surface area contributed by atoms with E-state index >= 15 is 0 Å². The number of aryl methyl sites for hydroxylation is 1. The molecule has 1 N–H and O–H groups in total. The third-order valence-electron chi connectivity index (χ3n) is 3.80. The maximum absolute atomic E-state index is 9.92. The van der Waals surface area contributed by atoms with Crippen LogP contribution < -0.4 is 0 Å². The summed E-state index contributed by atoms with van der Waals surface area (Å²) in [4.78, 5) is 6.75. The van der Waals surface area contributed by atoms with Crippen LogP contribution in [0.25, 0.3) is 16.8 Å². The van der Waals surface area contributed by atoms with E-state index in [1.54, 1.807) is 18.0 Å². The second-order valence-corrected chi connectivity index (χ2v) is 6.59. The number of nitrogens with zero attached hydrogens (tertiary/aromatic N) is 3. The van der Waals surface area contributed by atoms with E-state index < -0.39 is 0 Å². The molecule has 0 spiro atoms. The van der Waals surface area contributed by atoms with Crippen LogP contribution in [0.1, 0.15) is 5.69 Å². The predicted molar refractivity (Wildman–Crippen MR) is 95.4 cm³/mol. The molecule has 4 rings (SSSR count). The van der Waals surface area contributed by atoms with E-state index in [1.165, 1.54) is 20.4 Å². The highest BCUT2D eigenvalue weighted by Crippen LogP contribution is 2.32. The Bertz CT molecular complexity index is 994. The summed E-state index contributed by atoms with van der Waals surface area (Å²) >= 11 is 1.73. The van der Waals surface area contributed by atoms with Gasteiger partial charge in [0.1, 0.15) is 0 Å². The molecular weight excluding hydrogens is 318 g/mol. The van der Waals surface area contributed by atoms with Gasteiger partial charge in [-0.1, -0.05) is 42.1 Å². The van der Waals surface area contributed by atoms with Crippen molar-refractivity contribution in [1.29, 1.82) is 0 Å². The molecule has 0 aliphatic carbocycles. The van der Waals surface area contributed by atoms with E-state index in [9.17, 15) is 5.11 Å². The monoisotopic (exact) mass is 333 g/mol. The minimum absolute atomic E-state index is 0.0885. The summed E-state index contributed by atoms with van der Waals surface area (Å²) < 4.78 is 1.47. The molecule has 0 fully saturated rings. The average Bonchev–Trinajstić information content (AvgIpc) is 2.94. The van der Waals surface area contributed by atoms with Crippen molar-refractivity contribution in [2.45, 2.75) is 16.7 Å². The van der Waals surface area contributed by atoms with Crippen molar-refractivity contribution in [3.8, 4) is 17.0 Å². The molecular formula is C19H15N3OS. The van der Waals surface area contributed by atoms with Gasteiger partial charge in [0.25, 0.3) is 0 Å². The molecule has 2 aromatic carbocycles. The van der Waals surface area contributed by atoms with Crippen LogP contribution in [0.2, 0.25) is 0 Å². The SMILES string of the molecule is Cc1nn2c(O)ccnc2c1-c1ccc(Sc2ccccc2)cc1. The Morgan fingerprint density at radius 3 is 2.38 bits per heavy atom. The Balaban J connectivity index is 1.71. The highest BCUT2D eigenvalue weighted by molar-refractivity contribution is 7.99. The van der Waals surface area contributed by atoms with Crippen molar-refractivity contribution in [1.82, 2.24) is 14.6 Å². The fourth-order valence-electron chi connectivity index (χ4n) is 2.69. The van der Waals surface area contributed by atoms with Crippen LogP contribution in [0.15, 0.2) is 76.7 Å². The first-order valence-electron chi connectivity index (χ1n) is 7.59. The molecule has 0 bridgehead atoms. The summed E-state index contributed by atoms with van der Waals surface area (Å²) in [6.07, 6.45) is 1.59. The van der Waals surface area contributed by atoms with Gasteiger partial charge in [0.2, 0.25) is 5.88 Å². The number of aromatic hydroxyl groups is 1. The molecule has 4 aromatic rings. The zero-order valence-electron chi connectivity index (χ0n) is 13.0. The standard InChI is InChI=1S/C19H15N3OS/c1-13-18(19-20-12-11-17(23)22(19)21-13)14-7-9-16(10-8-14)24-15-5-3-2-4-6-15/h2-12,23H,1H3. The maximum atomic E-state index is 9.92. The predicted octanol–water partition coefficient (Wildman–Crippen LogP) is 4.56. The van der Waals surface area contributed by atoms with Gasteiger partial charge in [-0.2, -0.15) is 9.61 Å². The number of rotatable bonds is 3. The molecule has 0 amide bonds. The molecule has 0 unspecified atom stereocenters. The molecule has 0 saturated heterocycles. The second kappa shape index (κ2) is 6.02. The number of aromatic nitrogens is 3. The van der Waals surface area contributed by atoms with Crippen molar-refractivity contribution in [2.75, 3.05) is 0 Å². The van der Waals surface area contributed by atoms with Crippen LogP contribution in [0.3, 0.4) is 0 Å². The van der Waals surface area contributed by atoms with Gasteiger partial charge in [0.15, 0.2) is 5.65 Å². The minimum atomic E-state index is 0.0885. The highest BCUT2D eigenvalue weighted by atomic mass is 32.2. The summed E-state index contributed by atoms with van der Waals surface area (Å²) in [5.74, 6) is 0.0885. The van der Waals surface area contributed by atoms with Gasteiger partial charge in [0.05, 0.1) is 5.69 Å². The molecule has 0 aliphatic rings. The molecule has 4 nitrogen and oxygen atoms in total. The number of hydrogen-bond donors (Lipinski definition) is 1. The van der Waals surface area contributed by atoms with E-state index in [2.05, 4.69) is 46.5 Å². The van der Waals surface area contributed by atoms with Gasteiger partial charge in [-0.05, 0) is 36.8 Å². The summed E-state index contributed by atoms with van der Waals surface area (Å²) in [6.45, 7) is 1.93. The Kier molecular flexibility index (Phi) is 3.70. The van der Waals surface area contributed by atoms with Crippen LogP contribution in [0, 0.1) is 6.92 Å². The first kappa shape index (κ1) is 14.8. The van der Waals surface area contributed by atoms with Crippen molar-refractivity contribution >= 4 is 17.4 Å². The third-order valence-corrected chi connectivity index (χ3v) is 4.81.